The van der Waals surface area contributed by atoms with Crippen molar-refractivity contribution in [1.29, 1.82) is 0 Å². The Bertz CT molecular complexity index is 364. The number of rotatable bonds is 4. The smallest absolute Gasteiger partial charge is 0.132 e. The molecule has 1 aliphatic rings. The van der Waals surface area contributed by atoms with Crippen molar-refractivity contribution in [2.45, 2.75) is 29.5 Å². The molecule has 0 spiro atoms. The Kier molecular flexibility index (Phi) is 4.57. The summed E-state index contributed by atoms with van der Waals surface area (Å²) in [6.45, 7) is 1.12. The van der Waals surface area contributed by atoms with Gasteiger partial charge in [0.2, 0.25) is 0 Å². The highest BCUT2D eigenvalue weighted by Gasteiger charge is 2.16. The topological polar surface area (TPSA) is 30.5 Å². The van der Waals surface area contributed by atoms with Crippen molar-refractivity contribution < 1.29 is 9.47 Å². The molecule has 17 heavy (non-hydrogen) atoms. The first kappa shape index (κ1) is 12.6. The van der Waals surface area contributed by atoms with Gasteiger partial charge in [-0.15, -0.1) is 11.8 Å². The van der Waals surface area contributed by atoms with E-state index in [1.54, 1.807) is 14.2 Å². The molecule has 1 N–H and O–H groups in total. The summed E-state index contributed by atoms with van der Waals surface area (Å²) in [5.74, 6) is 1.80. The van der Waals surface area contributed by atoms with Crippen LogP contribution in [0.15, 0.2) is 23.1 Å². The monoisotopic (exact) mass is 253 g/mol. The molecule has 1 atom stereocenters. The first-order chi connectivity index (χ1) is 8.33. The molecule has 94 valence electrons. The third-order valence-corrected chi connectivity index (χ3v) is 4.16. The molecule has 1 aromatic rings. The maximum atomic E-state index is 5.38. The summed E-state index contributed by atoms with van der Waals surface area (Å²) in [6.07, 6.45) is 3.80. The Labute approximate surface area is 107 Å². The van der Waals surface area contributed by atoms with Crippen molar-refractivity contribution in [3.05, 3.63) is 18.2 Å². The van der Waals surface area contributed by atoms with Gasteiger partial charge >= 0.3 is 0 Å². The Morgan fingerprint density at radius 1 is 1.24 bits per heavy atom. The number of benzene rings is 1. The molecular formula is C13H19NO2S. The van der Waals surface area contributed by atoms with E-state index in [1.165, 1.54) is 19.3 Å². The second kappa shape index (κ2) is 6.17. The number of hydrogen-bond acceptors (Lipinski definition) is 4. The van der Waals surface area contributed by atoms with Crippen molar-refractivity contribution >= 4 is 11.8 Å². The van der Waals surface area contributed by atoms with Crippen LogP contribution in [-0.4, -0.2) is 26.1 Å². The van der Waals surface area contributed by atoms with Crippen LogP contribution in [0.4, 0.5) is 0 Å². The van der Waals surface area contributed by atoms with Crippen LogP contribution in [0.25, 0.3) is 0 Å². The van der Waals surface area contributed by atoms with Gasteiger partial charge in [-0.25, -0.2) is 0 Å². The zero-order valence-corrected chi connectivity index (χ0v) is 11.2. The Balaban J connectivity index is 2.11. The number of piperidine rings is 1. The predicted molar refractivity (Wildman–Crippen MR) is 71.0 cm³/mol. The Morgan fingerprint density at radius 3 is 2.76 bits per heavy atom. The van der Waals surface area contributed by atoms with E-state index in [0.717, 1.165) is 22.9 Å². The van der Waals surface area contributed by atoms with E-state index >= 15 is 0 Å². The van der Waals surface area contributed by atoms with Crippen LogP contribution >= 0.6 is 11.8 Å². The largest absolute Gasteiger partial charge is 0.497 e. The van der Waals surface area contributed by atoms with Crippen LogP contribution < -0.4 is 14.8 Å². The average Bonchev–Trinajstić information content (AvgIpc) is 2.40. The van der Waals surface area contributed by atoms with E-state index in [9.17, 15) is 0 Å². The Morgan fingerprint density at radius 2 is 2.12 bits per heavy atom. The quantitative estimate of drug-likeness (QED) is 0.894. The molecule has 4 heteroatoms. The van der Waals surface area contributed by atoms with Gasteiger partial charge in [0.15, 0.2) is 0 Å². The summed E-state index contributed by atoms with van der Waals surface area (Å²) in [7, 11) is 3.40. The van der Waals surface area contributed by atoms with Gasteiger partial charge in [-0.3, -0.25) is 0 Å². The van der Waals surface area contributed by atoms with Crippen LogP contribution in [0.5, 0.6) is 11.5 Å². The van der Waals surface area contributed by atoms with Crippen molar-refractivity contribution in [3.63, 3.8) is 0 Å². The van der Waals surface area contributed by atoms with E-state index in [4.69, 9.17) is 9.47 Å². The fourth-order valence-electron chi connectivity index (χ4n) is 1.95. The molecule has 1 fully saturated rings. The van der Waals surface area contributed by atoms with Gasteiger partial charge in [0.1, 0.15) is 11.5 Å². The molecule has 3 nitrogen and oxygen atoms in total. The standard InChI is InChI=1S/C13H19NO2S/c1-15-10-6-7-11(16-2)12(9-10)17-13-5-3-4-8-14-13/h6-7,9,13-14H,3-5,8H2,1-2H3. The second-order valence-electron chi connectivity index (χ2n) is 4.07. The van der Waals surface area contributed by atoms with E-state index in [-0.39, 0.29) is 0 Å². The van der Waals surface area contributed by atoms with Crippen molar-refractivity contribution in [2.75, 3.05) is 20.8 Å². The fraction of sp³-hybridized carbons (Fsp3) is 0.538. The zero-order valence-electron chi connectivity index (χ0n) is 10.4. The summed E-state index contributed by atoms with van der Waals surface area (Å²) in [6, 6.07) is 5.93. The van der Waals surface area contributed by atoms with Crippen LogP contribution in [0, 0.1) is 0 Å². The normalized spacial score (nSPS) is 20.0. The highest BCUT2D eigenvalue weighted by Crippen LogP contribution is 2.36. The molecule has 1 aromatic carbocycles. The van der Waals surface area contributed by atoms with Crippen LogP contribution in [0.1, 0.15) is 19.3 Å². The minimum absolute atomic E-state index is 0.491. The molecule has 1 heterocycles. The van der Waals surface area contributed by atoms with Crippen molar-refractivity contribution in [2.24, 2.45) is 0 Å². The molecule has 1 saturated heterocycles. The third-order valence-electron chi connectivity index (χ3n) is 2.91. The molecular weight excluding hydrogens is 234 g/mol. The zero-order chi connectivity index (χ0) is 12.1. The van der Waals surface area contributed by atoms with Crippen molar-refractivity contribution in [1.82, 2.24) is 5.32 Å². The summed E-state index contributed by atoms with van der Waals surface area (Å²) in [4.78, 5) is 1.14. The first-order valence-electron chi connectivity index (χ1n) is 5.95. The molecule has 0 aromatic heterocycles. The SMILES string of the molecule is COc1ccc(OC)c(SC2CCCCN2)c1. The molecule has 0 radical (unpaired) electrons. The molecule has 0 aliphatic carbocycles. The maximum Gasteiger partial charge on any atom is 0.132 e. The fourth-order valence-corrected chi connectivity index (χ4v) is 3.19. The van der Waals surface area contributed by atoms with Crippen LogP contribution in [0.3, 0.4) is 0 Å². The van der Waals surface area contributed by atoms with Gasteiger partial charge < -0.3 is 14.8 Å². The second-order valence-corrected chi connectivity index (χ2v) is 5.32. The number of nitrogens with one attached hydrogen (secondary N) is 1. The minimum atomic E-state index is 0.491. The number of thioether (sulfide) groups is 1. The van der Waals surface area contributed by atoms with Gasteiger partial charge in [0.25, 0.3) is 0 Å². The highest BCUT2D eigenvalue weighted by atomic mass is 32.2. The lowest BCUT2D eigenvalue weighted by molar-refractivity contribution is 0.393. The van der Waals surface area contributed by atoms with E-state index in [1.807, 2.05) is 30.0 Å². The van der Waals surface area contributed by atoms with Gasteiger partial charge in [-0.05, 0) is 44.0 Å². The summed E-state index contributed by atoms with van der Waals surface area (Å²) >= 11 is 1.83. The van der Waals surface area contributed by atoms with E-state index in [2.05, 4.69) is 5.32 Å². The van der Waals surface area contributed by atoms with Gasteiger partial charge in [-0.2, -0.15) is 0 Å². The molecule has 0 amide bonds. The molecule has 1 unspecified atom stereocenters. The summed E-state index contributed by atoms with van der Waals surface area (Å²) in [5.41, 5.74) is 0. The minimum Gasteiger partial charge on any atom is -0.497 e. The lowest BCUT2D eigenvalue weighted by Crippen LogP contribution is -2.31. The highest BCUT2D eigenvalue weighted by molar-refractivity contribution is 8.00. The Hall–Kier alpha value is -0.870. The molecule has 0 saturated carbocycles. The maximum absolute atomic E-state index is 5.38. The van der Waals surface area contributed by atoms with Gasteiger partial charge in [0, 0.05) is 0 Å². The van der Waals surface area contributed by atoms with Gasteiger partial charge in [-0.1, -0.05) is 0 Å². The lowest BCUT2D eigenvalue weighted by Gasteiger charge is -2.23. The van der Waals surface area contributed by atoms with Gasteiger partial charge in [0.05, 0.1) is 24.5 Å². The molecule has 2 rings (SSSR count). The van der Waals surface area contributed by atoms with Crippen LogP contribution in [-0.2, 0) is 0 Å². The summed E-state index contributed by atoms with van der Waals surface area (Å²) < 4.78 is 10.6. The number of ether oxygens (including phenoxy) is 2. The summed E-state index contributed by atoms with van der Waals surface area (Å²) in [5, 5.41) is 4.01. The first-order valence-corrected chi connectivity index (χ1v) is 6.83. The molecule has 1 aliphatic heterocycles. The van der Waals surface area contributed by atoms with Crippen LogP contribution in [0.2, 0.25) is 0 Å². The number of hydrogen-bond donors (Lipinski definition) is 1. The van der Waals surface area contributed by atoms with Crippen molar-refractivity contribution in [3.8, 4) is 11.5 Å². The molecule has 0 bridgehead atoms. The third kappa shape index (κ3) is 3.30. The average molecular weight is 253 g/mol. The predicted octanol–water partition coefficient (Wildman–Crippen LogP) is 2.90. The van der Waals surface area contributed by atoms with E-state index in [0.29, 0.717) is 5.37 Å². The van der Waals surface area contributed by atoms with E-state index < -0.39 is 0 Å². The lowest BCUT2D eigenvalue weighted by atomic mass is 10.2. The number of methoxy groups -OCH3 is 2.